The number of rotatable bonds is 4. The number of hydrogen-bond donors (Lipinski definition) is 0. The molecular weight excluding hydrogens is 160 g/mol. The Hall–Kier alpha value is -0.980. The Balaban J connectivity index is 2.68. The fourth-order valence-corrected chi connectivity index (χ4v) is 1.13. The standard InChI is InChI=1S/C12H17O/c1-4-8-13-12-7-5-6-11(9-12)10(2)3/h5-7,9-10H,2,4,8H2,1,3H3. The number of benzene rings is 1. The summed E-state index contributed by atoms with van der Waals surface area (Å²) in [6.07, 6.45) is 1.05. The van der Waals surface area contributed by atoms with Crippen molar-refractivity contribution in [2.75, 3.05) is 6.61 Å². The zero-order chi connectivity index (χ0) is 9.68. The van der Waals surface area contributed by atoms with Crippen LogP contribution in [0.3, 0.4) is 0 Å². The van der Waals surface area contributed by atoms with Crippen LogP contribution in [0.25, 0.3) is 0 Å². The average Bonchev–Trinajstić information content (AvgIpc) is 2.15. The van der Waals surface area contributed by atoms with Gasteiger partial charge in [-0.05, 0) is 37.0 Å². The van der Waals surface area contributed by atoms with Crippen LogP contribution in [0.5, 0.6) is 5.75 Å². The van der Waals surface area contributed by atoms with Gasteiger partial charge in [-0.2, -0.15) is 0 Å². The fraction of sp³-hybridized carbons (Fsp3) is 0.417. The van der Waals surface area contributed by atoms with E-state index in [0.29, 0.717) is 5.92 Å². The predicted octanol–water partition coefficient (Wildman–Crippen LogP) is 3.41. The summed E-state index contributed by atoms with van der Waals surface area (Å²) in [5.74, 6) is 1.28. The van der Waals surface area contributed by atoms with E-state index >= 15 is 0 Å². The van der Waals surface area contributed by atoms with Gasteiger partial charge >= 0.3 is 0 Å². The van der Waals surface area contributed by atoms with Gasteiger partial charge in [0, 0.05) is 0 Å². The molecular formula is C12H17O. The maximum absolute atomic E-state index is 5.52. The average molecular weight is 177 g/mol. The van der Waals surface area contributed by atoms with E-state index in [1.807, 2.05) is 12.1 Å². The summed E-state index contributed by atoms with van der Waals surface area (Å²) < 4.78 is 5.52. The summed E-state index contributed by atoms with van der Waals surface area (Å²) in [5, 5.41) is 0. The maximum Gasteiger partial charge on any atom is 0.119 e. The van der Waals surface area contributed by atoms with Gasteiger partial charge < -0.3 is 4.74 Å². The van der Waals surface area contributed by atoms with E-state index in [1.54, 1.807) is 0 Å². The molecule has 0 saturated carbocycles. The van der Waals surface area contributed by atoms with Crippen molar-refractivity contribution in [3.8, 4) is 5.75 Å². The van der Waals surface area contributed by atoms with Crippen LogP contribution in [-0.4, -0.2) is 6.61 Å². The second kappa shape index (κ2) is 4.90. The van der Waals surface area contributed by atoms with Gasteiger partial charge in [0.2, 0.25) is 0 Å². The highest BCUT2D eigenvalue weighted by Gasteiger charge is 2.00. The fourth-order valence-electron chi connectivity index (χ4n) is 1.13. The van der Waals surface area contributed by atoms with Crippen LogP contribution in [-0.2, 0) is 0 Å². The molecule has 13 heavy (non-hydrogen) atoms. The first-order valence-electron chi connectivity index (χ1n) is 4.80. The van der Waals surface area contributed by atoms with Gasteiger partial charge in [-0.1, -0.05) is 26.0 Å². The van der Waals surface area contributed by atoms with Gasteiger partial charge in [-0.15, -0.1) is 0 Å². The lowest BCUT2D eigenvalue weighted by Gasteiger charge is -2.08. The van der Waals surface area contributed by atoms with Crippen molar-refractivity contribution in [3.63, 3.8) is 0 Å². The van der Waals surface area contributed by atoms with Gasteiger partial charge in [-0.25, -0.2) is 0 Å². The number of hydrogen-bond acceptors (Lipinski definition) is 1. The van der Waals surface area contributed by atoms with Crippen molar-refractivity contribution in [3.05, 3.63) is 36.8 Å². The van der Waals surface area contributed by atoms with Crippen molar-refractivity contribution in [2.45, 2.75) is 26.2 Å². The zero-order valence-corrected chi connectivity index (χ0v) is 8.42. The molecule has 0 N–H and O–H groups in total. The molecule has 0 aromatic heterocycles. The molecule has 0 aliphatic carbocycles. The first-order valence-corrected chi connectivity index (χ1v) is 4.80. The van der Waals surface area contributed by atoms with Crippen LogP contribution >= 0.6 is 0 Å². The molecule has 1 unspecified atom stereocenters. The van der Waals surface area contributed by atoms with Crippen LogP contribution in [0.1, 0.15) is 31.7 Å². The zero-order valence-electron chi connectivity index (χ0n) is 8.42. The normalized spacial score (nSPS) is 10.5. The summed E-state index contributed by atoms with van der Waals surface area (Å²) in [6, 6.07) is 8.15. The first-order chi connectivity index (χ1) is 6.24. The van der Waals surface area contributed by atoms with E-state index in [9.17, 15) is 0 Å². The highest BCUT2D eigenvalue weighted by atomic mass is 16.5. The third kappa shape index (κ3) is 3.10. The molecule has 1 aromatic carbocycles. The Kier molecular flexibility index (Phi) is 3.81. The van der Waals surface area contributed by atoms with Crippen LogP contribution in [0.15, 0.2) is 24.3 Å². The second-order valence-electron chi connectivity index (χ2n) is 3.32. The van der Waals surface area contributed by atoms with Crippen molar-refractivity contribution in [1.82, 2.24) is 0 Å². The molecule has 0 fully saturated rings. The quantitative estimate of drug-likeness (QED) is 0.684. The summed E-state index contributed by atoms with van der Waals surface area (Å²) in [7, 11) is 0. The van der Waals surface area contributed by atoms with Gasteiger partial charge in [0.1, 0.15) is 5.75 Å². The molecule has 0 bridgehead atoms. The molecule has 71 valence electrons. The van der Waals surface area contributed by atoms with Crippen molar-refractivity contribution in [2.24, 2.45) is 0 Å². The molecule has 1 rings (SSSR count). The van der Waals surface area contributed by atoms with Gasteiger partial charge in [0.25, 0.3) is 0 Å². The van der Waals surface area contributed by atoms with Crippen molar-refractivity contribution < 1.29 is 4.74 Å². The maximum atomic E-state index is 5.52. The van der Waals surface area contributed by atoms with E-state index in [2.05, 4.69) is 32.9 Å². The summed E-state index contributed by atoms with van der Waals surface area (Å²) in [4.78, 5) is 0. The molecule has 0 spiro atoms. The lowest BCUT2D eigenvalue weighted by molar-refractivity contribution is 0.317. The number of ether oxygens (including phenoxy) is 1. The minimum atomic E-state index is 0.324. The third-order valence-electron chi connectivity index (χ3n) is 1.90. The van der Waals surface area contributed by atoms with Crippen LogP contribution in [0, 0.1) is 6.92 Å². The van der Waals surface area contributed by atoms with E-state index in [-0.39, 0.29) is 0 Å². The Morgan fingerprint density at radius 2 is 2.23 bits per heavy atom. The SMILES string of the molecule is [CH2]C(C)c1cccc(OCCC)c1. The van der Waals surface area contributed by atoms with Crippen LogP contribution < -0.4 is 4.74 Å². The molecule has 1 aromatic rings. The molecule has 0 heterocycles. The molecule has 1 radical (unpaired) electrons. The first kappa shape index (κ1) is 10.1. The molecule has 0 aliphatic rings. The molecule has 1 atom stereocenters. The Morgan fingerprint density at radius 3 is 2.85 bits per heavy atom. The lowest BCUT2D eigenvalue weighted by Crippen LogP contribution is -1.96. The molecule has 0 aliphatic heterocycles. The van der Waals surface area contributed by atoms with E-state index < -0.39 is 0 Å². The second-order valence-corrected chi connectivity index (χ2v) is 3.32. The minimum Gasteiger partial charge on any atom is -0.494 e. The van der Waals surface area contributed by atoms with E-state index in [1.165, 1.54) is 5.56 Å². The van der Waals surface area contributed by atoms with E-state index in [0.717, 1.165) is 18.8 Å². The Morgan fingerprint density at radius 1 is 1.46 bits per heavy atom. The largest absolute Gasteiger partial charge is 0.494 e. The van der Waals surface area contributed by atoms with Gasteiger partial charge in [0.15, 0.2) is 0 Å². The molecule has 0 amide bonds. The summed E-state index contributed by atoms with van der Waals surface area (Å²) in [5.41, 5.74) is 1.23. The monoisotopic (exact) mass is 177 g/mol. The van der Waals surface area contributed by atoms with Crippen LogP contribution in [0.4, 0.5) is 0 Å². The van der Waals surface area contributed by atoms with Crippen LogP contribution in [0.2, 0.25) is 0 Å². The lowest BCUT2D eigenvalue weighted by atomic mass is 10.0. The molecule has 0 saturated heterocycles. The highest BCUT2D eigenvalue weighted by Crippen LogP contribution is 2.19. The van der Waals surface area contributed by atoms with E-state index in [4.69, 9.17) is 4.74 Å². The topological polar surface area (TPSA) is 9.23 Å². The summed E-state index contributed by atoms with van der Waals surface area (Å²) in [6.45, 7) is 8.95. The van der Waals surface area contributed by atoms with Gasteiger partial charge in [0.05, 0.1) is 6.61 Å². The minimum absolute atomic E-state index is 0.324. The van der Waals surface area contributed by atoms with Crippen molar-refractivity contribution >= 4 is 0 Å². The Labute approximate surface area is 80.7 Å². The molecule has 1 heteroatoms. The third-order valence-corrected chi connectivity index (χ3v) is 1.90. The molecule has 1 nitrogen and oxygen atoms in total. The predicted molar refractivity (Wildman–Crippen MR) is 56.0 cm³/mol. The van der Waals surface area contributed by atoms with Crippen molar-refractivity contribution in [1.29, 1.82) is 0 Å². The summed E-state index contributed by atoms with van der Waals surface area (Å²) >= 11 is 0. The Bertz CT molecular complexity index is 253. The highest BCUT2D eigenvalue weighted by molar-refractivity contribution is 5.30. The smallest absolute Gasteiger partial charge is 0.119 e. The van der Waals surface area contributed by atoms with Gasteiger partial charge in [-0.3, -0.25) is 0 Å².